The van der Waals surface area contributed by atoms with E-state index >= 15 is 0 Å². The van der Waals surface area contributed by atoms with Crippen molar-refractivity contribution in [2.75, 3.05) is 12.5 Å². The van der Waals surface area contributed by atoms with E-state index in [1.807, 2.05) is 18.2 Å². The predicted molar refractivity (Wildman–Crippen MR) is 92.0 cm³/mol. The topological polar surface area (TPSA) is 82.5 Å². The fraction of sp³-hybridized carbons (Fsp3) is 0.353. The number of carbonyl (C=O) groups is 1. The Morgan fingerprint density at radius 1 is 1.40 bits per heavy atom. The van der Waals surface area contributed by atoms with Crippen LogP contribution >= 0.6 is 11.8 Å². The lowest BCUT2D eigenvalue weighted by atomic mass is 10.2. The van der Waals surface area contributed by atoms with Crippen molar-refractivity contribution in [2.24, 2.45) is 0 Å². The maximum atomic E-state index is 12.3. The number of nitrogens with zero attached hydrogens (tertiary/aromatic N) is 2. The highest BCUT2D eigenvalue weighted by Gasteiger charge is 2.27. The second-order valence-electron chi connectivity index (χ2n) is 6.03. The van der Waals surface area contributed by atoms with E-state index in [0.29, 0.717) is 28.8 Å². The van der Waals surface area contributed by atoms with Gasteiger partial charge in [-0.25, -0.2) is 4.98 Å². The Balaban J connectivity index is 1.39. The molecule has 0 aliphatic carbocycles. The zero-order valence-corrected chi connectivity index (χ0v) is 14.5. The summed E-state index contributed by atoms with van der Waals surface area (Å²) in [6, 6.07) is 5.44. The van der Waals surface area contributed by atoms with Crippen LogP contribution in [0.15, 0.2) is 34.3 Å². The van der Waals surface area contributed by atoms with Crippen molar-refractivity contribution in [3.8, 4) is 11.5 Å². The molecule has 4 rings (SSSR count). The molecular weight excluding hydrogens is 342 g/mol. The SMILES string of the molecule is Cc1cnc2n(c1=O)C(CC(=O)NCc1ccc3c(c1)OCO3)CS2. The summed E-state index contributed by atoms with van der Waals surface area (Å²) in [6.45, 7) is 2.37. The molecule has 0 bridgehead atoms. The zero-order valence-electron chi connectivity index (χ0n) is 13.7. The van der Waals surface area contributed by atoms with Crippen LogP contribution in [0.2, 0.25) is 0 Å². The number of nitrogens with one attached hydrogen (secondary N) is 1. The van der Waals surface area contributed by atoms with E-state index in [-0.39, 0.29) is 30.7 Å². The van der Waals surface area contributed by atoms with Crippen LogP contribution in [0.5, 0.6) is 11.5 Å². The summed E-state index contributed by atoms with van der Waals surface area (Å²) in [5.41, 5.74) is 1.47. The van der Waals surface area contributed by atoms with Gasteiger partial charge >= 0.3 is 0 Å². The molecule has 8 heteroatoms. The smallest absolute Gasteiger partial charge is 0.257 e. The van der Waals surface area contributed by atoms with E-state index in [1.54, 1.807) is 17.7 Å². The van der Waals surface area contributed by atoms with Crippen molar-refractivity contribution in [3.05, 3.63) is 45.9 Å². The van der Waals surface area contributed by atoms with Crippen molar-refractivity contribution >= 4 is 17.7 Å². The number of fused-ring (bicyclic) bond motifs is 2. The molecule has 1 aromatic carbocycles. The number of hydrogen-bond donors (Lipinski definition) is 1. The van der Waals surface area contributed by atoms with Gasteiger partial charge < -0.3 is 14.8 Å². The molecule has 3 heterocycles. The summed E-state index contributed by atoms with van der Waals surface area (Å²) in [5, 5.41) is 3.59. The zero-order chi connectivity index (χ0) is 17.4. The average Bonchev–Trinajstić information content (AvgIpc) is 3.23. The Hall–Kier alpha value is -2.48. The Bertz CT molecular complexity index is 896. The van der Waals surface area contributed by atoms with Crippen LogP contribution in [0, 0.1) is 6.92 Å². The lowest BCUT2D eigenvalue weighted by Gasteiger charge is -2.13. The first-order valence-corrected chi connectivity index (χ1v) is 8.96. The fourth-order valence-electron chi connectivity index (χ4n) is 2.91. The number of rotatable bonds is 4. The molecule has 0 saturated carbocycles. The van der Waals surface area contributed by atoms with Crippen LogP contribution < -0.4 is 20.3 Å². The lowest BCUT2D eigenvalue weighted by Crippen LogP contribution is -2.31. The third-order valence-electron chi connectivity index (χ3n) is 4.25. The Morgan fingerprint density at radius 2 is 2.24 bits per heavy atom. The van der Waals surface area contributed by atoms with Gasteiger partial charge in [-0.05, 0) is 24.6 Å². The average molecular weight is 359 g/mol. The molecule has 25 heavy (non-hydrogen) atoms. The summed E-state index contributed by atoms with van der Waals surface area (Å²) in [6.07, 6.45) is 1.85. The molecular formula is C17H17N3O4S. The Kier molecular flexibility index (Phi) is 4.12. The number of thioether (sulfide) groups is 1. The molecule has 0 radical (unpaired) electrons. The van der Waals surface area contributed by atoms with Gasteiger partial charge in [0.05, 0.1) is 6.04 Å². The van der Waals surface area contributed by atoms with E-state index in [2.05, 4.69) is 10.3 Å². The maximum absolute atomic E-state index is 12.3. The number of aryl methyl sites for hydroxylation is 1. The van der Waals surface area contributed by atoms with Crippen molar-refractivity contribution in [3.63, 3.8) is 0 Å². The molecule has 0 saturated heterocycles. The van der Waals surface area contributed by atoms with Crippen LogP contribution in [0.1, 0.15) is 23.6 Å². The number of carbonyl (C=O) groups excluding carboxylic acids is 1. The van der Waals surface area contributed by atoms with Gasteiger partial charge in [-0.2, -0.15) is 0 Å². The largest absolute Gasteiger partial charge is 0.454 e. The normalized spacial score (nSPS) is 17.4. The van der Waals surface area contributed by atoms with Gasteiger partial charge in [0.15, 0.2) is 16.7 Å². The summed E-state index contributed by atoms with van der Waals surface area (Å²) in [5.74, 6) is 2.01. The molecule has 0 spiro atoms. The van der Waals surface area contributed by atoms with Crippen molar-refractivity contribution in [1.82, 2.24) is 14.9 Å². The van der Waals surface area contributed by atoms with Gasteiger partial charge in [-0.1, -0.05) is 17.8 Å². The molecule has 1 unspecified atom stereocenters. The molecule has 0 fully saturated rings. The second-order valence-corrected chi connectivity index (χ2v) is 7.02. The van der Waals surface area contributed by atoms with Crippen LogP contribution in [0.3, 0.4) is 0 Å². The molecule has 130 valence electrons. The van der Waals surface area contributed by atoms with Gasteiger partial charge in [0.25, 0.3) is 5.56 Å². The summed E-state index contributed by atoms with van der Waals surface area (Å²) in [7, 11) is 0. The third-order valence-corrected chi connectivity index (χ3v) is 5.36. The molecule has 1 atom stereocenters. The van der Waals surface area contributed by atoms with Crippen molar-refractivity contribution in [2.45, 2.75) is 31.1 Å². The minimum atomic E-state index is -0.156. The first kappa shape index (κ1) is 16.0. The summed E-state index contributed by atoms with van der Waals surface area (Å²) in [4.78, 5) is 28.9. The molecule has 2 aromatic rings. The minimum Gasteiger partial charge on any atom is -0.454 e. The molecule has 2 aliphatic heterocycles. The standard InChI is InChI=1S/C17H17N3O4S/c1-10-6-19-17-20(16(10)22)12(8-25-17)5-15(21)18-7-11-2-3-13-14(4-11)24-9-23-13/h2-4,6,12H,5,7-9H2,1H3,(H,18,21). The van der Waals surface area contributed by atoms with Gasteiger partial charge in [0.1, 0.15) is 0 Å². The van der Waals surface area contributed by atoms with Gasteiger partial charge in [-0.3, -0.25) is 14.2 Å². The summed E-state index contributed by atoms with van der Waals surface area (Å²) >= 11 is 1.51. The van der Waals surface area contributed by atoms with Crippen LogP contribution in [-0.4, -0.2) is 28.0 Å². The quantitative estimate of drug-likeness (QED) is 0.836. The highest BCUT2D eigenvalue weighted by molar-refractivity contribution is 7.99. The van der Waals surface area contributed by atoms with Crippen molar-refractivity contribution in [1.29, 1.82) is 0 Å². The van der Waals surface area contributed by atoms with Crippen LogP contribution in [-0.2, 0) is 11.3 Å². The van der Waals surface area contributed by atoms with Crippen molar-refractivity contribution < 1.29 is 14.3 Å². The maximum Gasteiger partial charge on any atom is 0.257 e. The number of aromatic nitrogens is 2. The monoisotopic (exact) mass is 359 g/mol. The van der Waals surface area contributed by atoms with E-state index < -0.39 is 0 Å². The summed E-state index contributed by atoms with van der Waals surface area (Å²) < 4.78 is 12.2. The number of benzene rings is 1. The first-order valence-electron chi connectivity index (χ1n) is 7.98. The van der Waals surface area contributed by atoms with Gasteiger partial charge in [0, 0.05) is 30.5 Å². The van der Waals surface area contributed by atoms with Crippen LogP contribution in [0.4, 0.5) is 0 Å². The highest BCUT2D eigenvalue weighted by atomic mass is 32.2. The number of amides is 1. The Labute approximate surface area is 148 Å². The van der Waals surface area contributed by atoms with E-state index in [1.165, 1.54) is 11.8 Å². The molecule has 2 aliphatic rings. The Morgan fingerprint density at radius 3 is 3.12 bits per heavy atom. The lowest BCUT2D eigenvalue weighted by molar-refractivity contribution is -0.121. The molecule has 7 nitrogen and oxygen atoms in total. The van der Waals surface area contributed by atoms with E-state index in [0.717, 1.165) is 11.3 Å². The van der Waals surface area contributed by atoms with E-state index in [4.69, 9.17) is 9.47 Å². The second kappa shape index (κ2) is 6.44. The van der Waals surface area contributed by atoms with Crippen LogP contribution in [0.25, 0.3) is 0 Å². The third kappa shape index (κ3) is 3.09. The number of hydrogen-bond acceptors (Lipinski definition) is 6. The fourth-order valence-corrected chi connectivity index (χ4v) is 4.02. The molecule has 1 N–H and O–H groups in total. The van der Waals surface area contributed by atoms with Gasteiger partial charge in [0.2, 0.25) is 12.7 Å². The minimum absolute atomic E-state index is 0.0661. The highest BCUT2D eigenvalue weighted by Crippen LogP contribution is 2.33. The molecule has 1 amide bonds. The predicted octanol–water partition coefficient (Wildman–Crippen LogP) is 1.63. The first-order chi connectivity index (χ1) is 12.1. The number of ether oxygens (including phenoxy) is 2. The van der Waals surface area contributed by atoms with Gasteiger partial charge in [-0.15, -0.1) is 0 Å². The van der Waals surface area contributed by atoms with E-state index in [9.17, 15) is 9.59 Å². The molecule has 1 aromatic heterocycles.